The minimum Gasteiger partial charge on any atom is -0.337 e. The molecule has 2 aromatic heterocycles. The first-order valence-electron chi connectivity index (χ1n) is 9.45. The highest BCUT2D eigenvalue weighted by Gasteiger charge is 2.26. The summed E-state index contributed by atoms with van der Waals surface area (Å²) in [6.07, 6.45) is 5.45. The predicted octanol–water partition coefficient (Wildman–Crippen LogP) is 2.77. The summed E-state index contributed by atoms with van der Waals surface area (Å²) >= 11 is 0. The molecule has 1 fully saturated rings. The molecule has 6 heteroatoms. The van der Waals surface area contributed by atoms with Crippen LogP contribution in [-0.2, 0) is 6.54 Å². The molecule has 3 heterocycles. The molecule has 0 aliphatic carbocycles. The molecule has 1 amide bonds. The van der Waals surface area contributed by atoms with Crippen molar-refractivity contribution in [2.45, 2.75) is 32.4 Å². The topological polar surface area (TPSA) is 53.7 Å². The highest BCUT2D eigenvalue weighted by molar-refractivity contribution is 5.92. The number of aryl methyl sites for hydroxylation is 1. The van der Waals surface area contributed by atoms with Gasteiger partial charge < -0.3 is 4.90 Å². The van der Waals surface area contributed by atoms with Gasteiger partial charge >= 0.3 is 0 Å². The van der Waals surface area contributed by atoms with Gasteiger partial charge in [-0.1, -0.05) is 29.8 Å². The number of nitrogens with zero attached hydrogens (tertiary/aromatic N) is 5. The van der Waals surface area contributed by atoms with E-state index >= 15 is 0 Å². The molecule has 0 unspecified atom stereocenters. The van der Waals surface area contributed by atoms with Crippen molar-refractivity contribution >= 4 is 11.6 Å². The van der Waals surface area contributed by atoms with Crippen molar-refractivity contribution < 1.29 is 4.79 Å². The SMILES string of the molecule is Cc1cccc(CN(C)C2CCN(C(=O)c3ccn4nccc4n3)CC2)c1. The Morgan fingerprint density at radius 1 is 1.22 bits per heavy atom. The van der Waals surface area contributed by atoms with Crippen molar-refractivity contribution in [3.8, 4) is 0 Å². The van der Waals surface area contributed by atoms with Gasteiger partial charge in [-0.3, -0.25) is 9.69 Å². The van der Waals surface area contributed by atoms with Gasteiger partial charge in [-0.2, -0.15) is 5.10 Å². The molecule has 4 rings (SSSR count). The number of likely N-dealkylation sites (tertiary alicyclic amines) is 1. The fraction of sp³-hybridized carbons (Fsp3) is 0.381. The van der Waals surface area contributed by atoms with Crippen LogP contribution in [0.1, 0.15) is 34.5 Å². The normalized spacial score (nSPS) is 15.6. The molecule has 0 radical (unpaired) electrons. The Hall–Kier alpha value is -2.73. The van der Waals surface area contributed by atoms with Crippen LogP contribution in [0.15, 0.2) is 48.8 Å². The van der Waals surface area contributed by atoms with E-state index in [1.165, 1.54) is 11.1 Å². The molecule has 27 heavy (non-hydrogen) atoms. The summed E-state index contributed by atoms with van der Waals surface area (Å²) in [5, 5.41) is 4.12. The Morgan fingerprint density at radius 2 is 2.04 bits per heavy atom. The molecule has 3 aromatic rings. The van der Waals surface area contributed by atoms with E-state index in [1.54, 1.807) is 23.0 Å². The molecule has 140 valence electrons. The monoisotopic (exact) mass is 363 g/mol. The van der Waals surface area contributed by atoms with Crippen LogP contribution in [0.2, 0.25) is 0 Å². The second-order valence-electron chi connectivity index (χ2n) is 7.37. The van der Waals surface area contributed by atoms with Crippen molar-refractivity contribution in [3.63, 3.8) is 0 Å². The third kappa shape index (κ3) is 3.85. The number of piperidine rings is 1. The van der Waals surface area contributed by atoms with Gasteiger partial charge in [0.15, 0.2) is 5.65 Å². The van der Waals surface area contributed by atoms with Crippen LogP contribution in [0, 0.1) is 6.92 Å². The van der Waals surface area contributed by atoms with Crippen molar-refractivity contribution in [1.29, 1.82) is 0 Å². The van der Waals surface area contributed by atoms with Crippen LogP contribution in [0.5, 0.6) is 0 Å². The van der Waals surface area contributed by atoms with E-state index in [0.717, 1.165) is 32.5 Å². The Labute approximate surface area is 159 Å². The largest absolute Gasteiger partial charge is 0.337 e. The van der Waals surface area contributed by atoms with Crippen LogP contribution in [0.4, 0.5) is 0 Å². The molecule has 0 saturated carbocycles. The summed E-state index contributed by atoms with van der Waals surface area (Å²) in [6.45, 7) is 4.62. The van der Waals surface area contributed by atoms with Crippen molar-refractivity contribution in [1.82, 2.24) is 24.4 Å². The summed E-state index contributed by atoms with van der Waals surface area (Å²) in [7, 11) is 2.18. The average molecular weight is 363 g/mol. The molecule has 1 saturated heterocycles. The number of benzene rings is 1. The number of hydrogen-bond acceptors (Lipinski definition) is 4. The molecule has 6 nitrogen and oxygen atoms in total. The van der Waals surface area contributed by atoms with Gasteiger partial charge in [0.05, 0.1) is 6.20 Å². The molecule has 1 aliphatic rings. The molecule has 0 spiro atoms. The van der Waals surface area contributed by atoms with E-state index in [4.69, 9.17) is 0 Å². The van der Waals surface area contributed by atoms with Gasteiger partial charge in [0.1, 0.15) is 5.69 Å². The maximum Gasteiger partial charge on any atom is 0.272 e. The highest BCUT2D eigenvalue weighted by atomic mass is 16.2. The Kier molecular flexibility index (Phi) is 4.90. The molecule has 1 aliphatic heterocycles. The van der Waals surface area contributed by atoms with Crippen LogP contribution in [0.25, 0.3) is 5.65 Å². The van der Waals surface area contributed by atoms with E-state index in [1.807, 2.05) is 11.0 Å². The second-order valence-corrected chi connectivity index (χ2v) is 7.37. The van der Waals surface area contributed by atoms with E-state index in [9.17, 15) is 4.79 Å². The van der Waals surface area contributed by atoms with Gasteiger partial charge in [-0.15, -0.1) is 0 Å². The number of rotatable bonds is 4. The quantitative estimate of drug-likeness (QED) is 0.715. The van der Waals surface area contributed by atoms with E-state index in [2.05, 4.69) is 53.2 Å². The summed E-state index contributed by atoms with van der Waals surface area (Å²) in [5.74, 6) is 0.0125. The standard InChI is InChI=1S/C21H25N5O/c1-16-4-3-5-17(14-16)15-24(2)18-7-11-25(12-8-18)21(27)19-9-13-26-20(23-19)6-10-22-26/h3-6,9-10,13-14,18H,7-8,11-12,15H2,1-2H3. The fourth-order valence-electron chi connectivity index (χ4n) is 3.83. The average Bonchev–Trinajstić information content (AvgIpc) is 3.15. The zero-order chi connectivity index (χ0) is 18.8. The first kappa shape index (κ1) is 17.7. The maximum absolute atomic E-state index is 12.8. The third-order valence-corrected chi connectivity index (χ3v) is 5.37. The summed E-state index contributed by atoms with van der Waals surface area (Å²) in [6, 6.07) is 12.7. The molecule has 0 N–H and O–H groups in total. The van der Waals surface area contributed by atoms with Crippen LogP contribution in [-0.4, -0.2) is 56.5 Å². The third-order valence-electron chi connectivity index (χ3n) is 5.37. The summed E-state index contributed by atoms with van der Waals surface area (Å²) in [5.41, 5.74) is 3.83. The van der Waals surface area contributed by atoms with Gasteiger partial charge in [-0.25, -0.2) is 9.50 Å². The first-order chi connectivity index (χ1) is 13.1. The number of aromatic nitrogens is 3. The van der Waals surface area contributed by atoms with E-state index < -0.39 is 0 Å². The number of fused-ring (bicyclic) bond motifs is 1. The highest BCUT2D eigenvalue weighted by Crippen LogP contribution is 2.19. The lowest BCUT2D eigenvalue weighted by Crippen LogP contribution is -2.45. The number of carbonyl (C=O) groups excluding carboxylic acids is 1. The first-order valence-corrected chi connectivity index (χ1v) is 9.45. The zero-order valence-electron chi connectivity index (χ0n) is 15.9. The summed E-state index contributed by atoms with van der Waals surface area (Å²) in [4.78, 5) is 21.6. The van der Waals surface area contributed by atoms with Crippen molar-refractivity contribution in [2.75, 3.05) is 20.1 Å². The molecule has 1 aromatic carbocycles. The lowest BCUT2D eigenvalue weighted by atomic mass is 10.0. The maximum atomic E-state index is 12.8. The molecular formula is C21H25N5O. The predicted molar refractivity (Wildman–Crippen MR) is 105 cm³/mol. The van der Waals surface area contributed by atoms with Crippen LogP contribution in [0.3, 0.4) is 0 Å². The van der Waals surface area contributed by atoms with Gasteiger partial charge in [0.25, 0.3) is 5.91 Å². The van der Waals surface area contributed by atoms with Gasteiger partial charge in [0.2, 0.25) is 0 Å². The zero-order valence-corrected chi connectivity index (χ0v) is 15.9. The lowest BCUT2D eigenvalue weighted by Gasteiger charge is -2.36. The lowest BCUT2D eigenvalue weighted by molar-refractivity contribution is 0.0634. The molecule has 0 atom stereocenters. The second kappa shape index (κ2) is 7.48. The Balaban J connectivity index is 1.35. The van der Waals surface area contributed by atoms with Gasteiger partial charge in [0, 0.05) is 37.9 Å². The van der Waals surface area contributed by atoms with E-state index in [-0.39, 0.29) is 5.91 Å². The number of amides is 1. The minimum atomic E-state index is 0.0125. The van der Waals surface area contributed by atoms with E-state index in [0.29, 0.717) is 17.4 Å². The minimum absolute atomic E-state index is 0.0125. The molecular weight excluding hydrogens is 338 g/mol. The van der Waals surface area contributed by atoms with Crippen LogP contribution >= 0.6 is 0 Å². The summed E-state index contributed by atoms with van der Waals surface area (Å²) < 4.78 is 1.67. The van der Waals surface area contributed by atoms with Crippen LogP contribution < -0.4 is 0 Å². The van der Waals surface area contributed by atoms with Gasteiger partial charge in [-0.05, 0) is 38.4 Å². The van der Waals surface area contributed by atoms with Crippen molar-refractivity contribution in [3.05, 3.63) is 65.6 Å². The Morgan fingerprint density at radius 3 is 2.81 bits per heavy atom. The van der Waals surface area contributed by atoms with Crippen molar-refractivity contribution in [2.24, 2.45) is 0 Å². The fourth-order valence-corrected chi connectivity index (χ4v) is 3.83. The molecule has 0 bridgehead atoms. The smallest absolute Gasteiger partial charge is 0.272 e. The number of hydrogen-bond donors (Lipinski definition) is 0. The Bertz CT molecular complexity index is 942. The number of carbonyl (C=O) groups is 1.